The molecule has 0 spiro atoms. The third kappa shape index (κ3) is 3.91. The Morgan fingerprint density at radius 3 is 2.69 bits per heavy atom. The van der Waals surface area contributed by atoms with Crippen LogP contribution in [0, 0.1) is 5.92 Å². The molecule has 1 N–H and O–H groups in total. The van der Waals surface area contributed by atoms with Crippen molar-refractivity contribution in [2.75, 3.05) is 18.4 Å². The van der Waals surface area contributed by atoms with Crippen LogP contribution in [0.15, 0.2) is 53.7 Å². The number of hydrogen-bond acceptors (Lipinski definition) is 6. The molecule has 0 bridgehead atoms. The molecule has 2 heterocycles. The molecular formula is C22H24N6O3S. The van der Waals surface area contributed by atoms with E-state index >= 15 is 0 Å². The molecule has 166 valence electrons. The molecule has 1 fully saturated rings. The number of amides is 1. The number of aromatic nitrogens is 4. The number of anilines is 1. The lowest BCUT2D eigenvalue weighted by atomic mass is 9.98. The minimum Gasteiger partial charge on any atom is -0.326 e. The minimum atomic E-state index is -3.70. The summed E-state index contributed by atoms with van der Waals surface area (Å²) < 4.78 is 29.3. The normalized spacial score (nSPS) is 18.9. The third-order valence-electron chi connectivity index (χ3n) is 6.25. The topological polar surface area (TPSA) is 110 Å². The van der Waals surface area contributed by atoms with Crippen molar-refractivity contribution in [1.29, 1.82) is 0 Å². The van der Waals surface area contributed by atoms with Crippen molar-refractivity contribution in [2.45, 2.75) is 37.0 Å². The molecule has 1 aromatic heterocycles. The van der Waals surface area contributed by atoms with Gasteiger partial charge in [0.1, 0.15) is 6.33 Å². The monoisotopic (exact) mass is 452 g/mol. The lowest BCUT2D eigenvalue weighted by Crippen LogP contribution is -2.43. The van der Waals surface area contributed by atoms with E-state index in [0.717, 1.165) is 24.9 Å². The Bertz CT molecular complexity index is 1230. The molecule has 0 radical (unpaired) electrons. The second-order valence-electron chi connectivity index (χ2n) is 8.24. The number of piperidine rings is 1. The highest BCUT2D eigenvalue weighted by molar-refractivity contribution is 7.89. The van der Waals surface area contributed by atoms with Gasteiger partial charge >= 0.3 is 0 Å². The molecule has 5 rings (SSSR count). The van der Waals surface area contributed by atoms with Gasteiger partial charge in [-0.3, -0.25) is 4.79 Å². The van der Waals surface area contributed by atoms with Crippen LogP contribution < -0.4 is 5.32 Å². The Kier molecular flexibility index (Phi) is 5.48. The van der Waals surface area contributed by atoms with Gasteiger partial charge in [-0.25, -0.2) is 13.1 Å². The van der Waals surface area contributed by atoms with Crippen LogP contribution in [0.4, 0.5) is 5.69 Å². The average molecular weight is 453 g/mol. The van der Waals surface area contributed by atoms with E-state index in [1.807, 2.05) is 12.1 Å². The molecule has 9 nitrogen and oxygen atoms in total. The first kappa shape index (κ1) is 20.8. The summed E-state index contributed by atoms with van der Waals surface area (Å²) in [5.74, 6) is -0.490. The number of carbonyl (C=O) groups is 1. The zero-order valence-electron chi connectivity index (χ0n) is 17.5. The first-order valence-electron chi connectivity index (χ1n) is 10.8. The van der Waals surface area contributed by atoms with Gasteiger partial charge in [-0.2, -0.15) is 4.31 Å². The fraction of sp³-hybridized carbons (Fsp3) is 0.364. The number of tetrazole rings is 1. The highest BCUT2D eigenvalue weighted by Crippen LogP contribution is 2.30. The fourth-order valence-corrected chi connectivity index (χ4v) is 6.07. The number of benzene rings is 2. The van der Waals surface area contributed by atoms with Crippen LogP contribution in [-0.2, 0) is 27.7 Å². The Morgan fingerprint density at radius 2 is 1.91 bits per heavy atom. The summed E-state index contributed by atoms with van der Waals surface area (Å²) in [7, 11) is -3.70. The van der Waals surface area contributed by atoms with Gasteiger partial charge in [0.15, 0.2) is 0 Å². The Labute approximate surface area is 186 Å². The number of hydrogen-bond donors (Lipinski definition) is 1. The fourth-order valence-electron chi connectivity index (χ4n) is 4.55. The van der Waals surface area contributed by atoms with Crippen LogP contribution >= 0.6 is 0 Å². The molecule has 1 saturated heterocycles. The van der Waals surface area contributed by atoms with Gasteiger partial charge in [0, 0.05) is 18.8 Å². The number of fused-ring (bicyclic) bond motifs is 1. The molecule has 0 unspecified atom stereocenters. The summed E-state index contributed by atoms with van der Waals surface area (Å²) in [4.78, 5) is 13.2. The van der Waals surface area contributed by atoms with Gasteiger partial charge in [0.25, 0.3) is 0 Å². The SMILES string of the molecule is O=C(Nc1cccc2c1CCC2)[C@H]1CCCN(S(=O)(=O)c2ccc(-n3cnnn3)cc2)C1. The van der Waals surface area contributed by atoms with Crippen molar-refractivity contribution in [3.8, 4) is 5.69 Å². The van der Waals surface area contributed by atoms with E-state index in [1.54, 1.807) is 24.3 Å². The zero-order valence-corrected chi connectivity index (χ0v) is 18.3. The summed E-state index contributed by atoms with van der Waals surface area (Å²) >= 11 is 0. The van der Waals surface area contributed by atoms with E-state index in [-0.39, 0.29) is 23.3 Å². The lowest BCUT2D eigenvalue weighted by Gasteiger charge is -2.31. The number of sulfonamides is 1. The number of nitrogens with one attached hydrogen (secondary N) is 1. The van der Waals surface area contributed by atoms with Crippen LogP contribution in [0.2, 0.25) is 0 Å². The second kappa shape index (κ2) is 8.44. The van der Waals surface area contributed by atoms with Gasteiger partial charge in [-0.1, -0.05) is 12.1 Å². The van der Waals surface area contributed by atoms with Crippen LogP contribution in [0.25, 0.3) is 5.69 Å². The maximum atomic E-state index is 13.2. The molecule has 1 amide bonds. The third-order valence-corrected chi connectivity index (χ3v) is 8.13. The average Bonchev–Trinajstić information content (AvgIpc) is 3.52. The molecule has 1 aliphatic carbocycles. The van der Waals surface area contributed by atoms with Gasteiger partial charge in [0.05, 0.1) is 16.5 Å². The molecule has 2 aromatic carbocycles. The molecular weight excluding hydrogens is 428 g/mol. The zero-order chi connectivity index (χ0) is 22.1. The van der Waals surface area contributed by atoms with Crippen molar-refractivity contribution in [1.82, 2.24) is 24.5 Å². The lowest BCUT2D eigenvalue weighted by molar-refractivity contribution is -0.120. The van der Waals surface area contributed by atoms with Crippen LogP contribution in [0.5, 0.6) is 0 Å². The van der Waals surface area contributed by atoms with Crippen LogP contribution in [0.1, 0.15) is 30.4 Å². The second-order valence-corrected chi connectivity index (χ2v) is 10.2. The Morgan fingerprint density at radius 1 is 1.06 bits per heavy atom. The summed E-state index contributed by atoms with van der Waals surface area (Å²) in [6, 6.07) is 12.4. The van der Waals surface area contributed by atoms with Gasteiger partial charge in [-0.05, 0) is 84.0 Å². The number of rotatable bonds is 5. The van der Waals surface area contributed by atoms with Crippen molar-refractivity contribution >= 4 is 21.6 Å². The van der Waals surface area contributed by atoms with Gasteiger partial charge < -0.3 is 5.32 Å². The van der Waals surface area contributed by atoms with Crippen molar-refractivity contribution < 1.29 is 13.2 Å². The van der Waals surface area contributed by atoms with E-state index in [0.29, 0.717) is 25.1 Å². The minimum absolute atomic E-state index is 0.112. The molecule has 1 aliphatic heterocycles. The van der Waals surface area contributed by atoms with Crippen molar-refractivity contribution in [3.05, 3.63) is 59.9 Å². The quantitative estimate of drug-likeness (QED) is 0.635. The standard InChI is InChI=1S/C22H24N6O3S/c29-22(24-21-8-2-5-16-4-1-7-20(16)21)17-6-3-13-27(14-17)32(30,31)19-11-9-18(10-12-19)28-15-23-25-26-28/h2,5,8-12,15,17H,1,3-4,6-7,13-14H2,(H,24,29)/t17-/m0/s1. The highest BCUT2D eigenvalue weighted by atomic mass is 32.2. The van der Waals surface area contributed by atoms with E-state index < -0.39 is 10.0 Å². The number of carbonyl (C=O) groups excluding carboxylic acids is 1. The summed E-state index contributed by atoms with van der Waals surface area (Å²) in [5.41, 5.74) is 4.04. The molecule has 0 saturated carbocycles. The van der Waals surface area contributed by atoms with Crippen LogP contribution in [-0.4, -0.2) is 51.9 Å². The largest absolute Gasteiger partial charge is 0.326 e. The summed E-state index contributed by atoms with van der Waals surface area (Å²) in [6.07, 6.45) is 5.87. The summed E-state index contributed by atoms with van der Waals surface area (Å²) in [6.45, 7) is 0.583. The maximum absolute atomic E-state index is 13.2. The Balaban J connectivity index is 1.30. The predicted molar refractivity (Wildman–Crippen MR) is 118 cm³/mol. The van der Waals surface area contributed by atoms with E-state index in [2.05, 4.69) is 26.9 Å². The van der Waals surface area contributed by atoms with E-state index in [4.69, 9.17) is 0 Å². The predicted octanol–water partition coefficient (Wildman–Crippen LogP) is 2.19. The smallest absolute Gasteiger partial charge is 0.243 e. The van der Waals surface area contributed by atoms with E-state index in [1.165, 1.54) is 26.4 Å². The molecule has 32 heavy (non-hydrogen) atoms. The number of aryl methyl sites for hydroxylation is 1. The first-order valence-corrected chi connectivity index (χ1v) is 12.2. The highest BCUT2D eigenvalue weighted by Gasteiger charge is 2.33. The van der Waals surface area contributed by atoms with Gasteiger partial charge in [-0.15, -0.1) is 5.10 Å². The first-order chi connectivity index (χ1) is 15.5. The molecule has 1 atom stereocenters. The van der Waals surface area contributed by atoms with Crippen molar-refractivity contribution in [3.63, 3.8) is 0 Å². The maximum Gasteiger partial charge on any atom is 0.243 e. The molecule has 2 aliphatic rings. The number of nitrogens with zero attached hydrogens (tertiary/aromatic N) is 5. The van der Waals surface area contributed by atoms with Gasteiger partial charge in [0.2, 0.25) is 15.9 Å². The Hall–Kier alpha value is -3.11. The molecule has 3 aromatic rings. The van der Waals surface area contributed by atoms with Crippen molar-refractivity contribution in [2.24, 2.45) is 5.92 Å². The molecule has 10 heteroatoms. The van der Waals surface area contributed by atoms with Crippen LogP contribution in [0.3, 0.4) is 0 Å². The summed E-state index contributed by atoms with van der Waals surface area (Å²) in [5, 5.41) is 14.0. The van der Waals surface area contributed by atoms with E-state index in [9.17, 15) is 13.2 Å².